The minimum absolute atomic E-state index is 0.0239. The van der Waals surface area contributed by atoms with E-state index < -0.39 is 10.0 Å². The Morgan fingerprint density at radius 2 is 2.00 bits per heavy atom. The van der Waals surface area contributed by atoms with Gasteiger partial charge in [-0.3, -0.25) is 0 Å². The fraction of sp³-hybridized carbons (Fsp3) is 0.250. The fourth-order valence-electron chi connectivity index (χ4n) is 3.07. The summed E-state index contributed by atoms with van der Waals surface area (Å²) in [7, 11) is -3.64. The Kier molecular flexibility index (Phi) is 3.70. The molecule has 3 aromatic rings. The van der Waals surface area contributed by atoms with Crippen molar-refractivity contribution in [2.45, 2.75) is 24.0 Å². The monoisotopic (exact) mass is 343 g/mol. The van der Waals surface area contributed by atoms with Gasteiger partial charge in [0.15, 0.2) is 0 Å². The number of imidazole rings is 2. The molecule has 2 aromatic heterocycles. The van der Waals surface area contributed by atoms with Gasteiger partial charge in [0.1, 0.15) is 5.82 Å². The molecule has 0 spiro atoms. The van der Waals surface area contributed by atoms with E-state index in [1.807, 2.05) is 30.3 Å². The molecule has 24 heavy (non-hydrogen) atoms. The highest BCUT2D eigenvalue weighted by Gasteiger charge is 2.39. The third-order valence-electron chi connectivity index (χ3n) is 4.23. The highest BCUT2D eigenvalue weighted by Crippen LogP contribution is 2.35. The number of hydrogen-bond acceptors (Lipinski definition) is 4. The fourth-order valence-corrected chi connectivity index (χ4v) is 4.62. The third-order valence-corrected chi connectivity index (χ3v) is 5.99. The summed E-state index contributed by atoms with van der Waals surface area (Å²) in [6.45, 7) is 0.467. The summed E-state index contributed by atoms with van der Waals surface area (Å²) in [5.74, 6) is 0.668. The van der Waals surface area contributed by atoms with E-state index in [9.17, 15) is 8.42 Å². The van der Waals surface area contributed by atoms with E-state index in [4.69, 9.17) is 0 Å². The van der Waals surface area contributed by atoms with Crippen molar-refractivity contribution in [2.24, 2.45) is 0 Å². The van der Waals surface area contributed by atoms with Crippen molar-refractivity contribution < 1.29 is 8.42 Å². The number of nitrogens with zero attached hydrogens (tertiary/aromatic N) is 3. The lowest BCUT2D eigenvalue weighted by Crippen LogP contribution is -2.31. The van der Waals surface area contributed by atoms with Crippen LogP contribution in [-0.4, -0.2) is 39.2 Å². The van der Waals surface area contributed by atoms with Crippen LogP contribution in [0.5, 0.6) is 0 Å². The van der Waals surface area contributed by atoms with Crippen LogP contribution in [0.3, 0.4) is 0 Å². The van der Waals surface area contributed by atoms with Crippen LogP contribution in [-0.2, 0) is 10.0 Å². The SMILES string of the molecule is O=S(=O)(c1ncc[nH]1)N1CCCC1c1ncc(-c2ccccc2)[nH]1. The Labute approximate surface area is 139 Å². The van der Waals surface area contributed by atoms with Gasteiger partial charge in [-0.1, -0.05) is 30.3 Å². The molecule has 8 heteroatoms. The zero-order valence-electron chi connectivity index (χ0n) is 12.9. The first-order chi connectivity index (χ1) is 11.7. The van der Waals surface area contributed by atoms with Crippen molar-refractivity contribution in [3.8, 4) is 11.3 Å². The molecule has 1 aromatic carbocycles. The first kappa shape index (κ1) is 15.1. The van der Waals surface area contributed by atoms with Crippen LogP contribution in [0.15, 0.2) is 54.1 Å². The predicted octanol–water partition coefficient (Wildman–Crippen LogP) is 2.33. The number of rotatable bonds is 4. The maximum atomic E-state index is 12.7. The summed E-state index contributed by atoms with van der Waals surface area (Å²) in [5.41, 5.74) is 1.91. The Morgan fingerprint density at radius 1 is 1.17 bits per heavy atom. The van der Waals surface area contributed by atoms with Gasteiger partial charge < -0.3 is 9.97 Å². The quantitative estimate of drug-likeness (QED) is 0.760. The van der Waals surface area contributed by atoms with Gasteiger partial charge in [-0.2, -0.15) is 4.31 Å². The van der Waals surface area contributed by atoms with Gasteiger partial charge in [-0.25, -0.2) is 18.4 Å². The minimum atomic E-state index is -3.64. The Hall–Kier alpha value is -2.45. The van der Waals surface area contributed by atoms with Crippen LogP contribution in [0.4, 0.5) is 0 Å². The average Bonchev–Trinajstić information content (AvgIpc) is 3.35. The van der Waals surface area contributed by atoms with Gasteiger partial charge in [-0.05, 0) is 18.4 Å². The molecule has 3 heterocycles. The predicted molar refractivity (Wildman–Crippen MR) is 88.5 cm³/mol. The lowest BCUT2D eigenvalue weighted by Gasteiger charge is -2.21. The summed E-state index contributed by atoms with van der Waals surface area (Å²) >= 11 is 0. The van der Waals surface area contributed by atoms with Crippen LogP contribution in [0.25, 0.3) is 11.3 Å². The summed E-state index contributed by atoms with van der Waals surface area (Å²) in [6.07, 6.45) is 6.24. The number of H-pyrrole nitrogens is 2. The lowest BCUT2D eigenvalue weighted by molar-refractivity contribution is 0.382. The maximum Gasteiger partial charge on any atom is 0.277 e. The molecule has 1 unspecified atom stereocenters. The maximum absolute atomic E-state index is 12.7. The lowest BCUT2D eigenvalue weighted by atomic mass is 10.2. The van der Waals surface area contributed by atoms with E-state index in [2.05, 4.69) is 19.9 Å². The number of sulfonamides is 1. The molecular formula is C16H17N5O2S. The molecular weight excluding hydrogens is 326 g/mol. The number of nitrogens with one attached hydrogen (secondary N) is 2. The number of aromatic amines is 2. The van der Waals surface area contributed by atoms with Crippen molar-refractivity contribution in [1.82, 2.24) is 24.2 Å². The second kappa shape index (κ2) is 5.88. The van der Waals surface area contributed by atoms with Gasteiger partial charge in [0.2, 0.25) is 5.16 Å². The van der Waals surface area contributed by atoms with Crippen LogP contribution < -0.4 is 0 Å². The summed E-state index contributed by atoms with van der Waals surface area (Å²) < 4.78 is 27.0. The van der Waals surface area contributed by atoms with Crippen molar-refractivity contribution >= 4 is 10.0 Å². The molecule has 0 aliphatic carbocycles. The van der Waals surface area contributed by atoms with Crippen molar-refractivity contribution in [1.29, 1.82) is 0 Å². The van der Waals surface area contributed by atoms with E-state index in [0.29, 0.717) is 12.4 Å². The van der Waals surface area contributed by atoms with E-state index in [-0.39, 0.29) is 11.2 Å². The van der Waals surface area contributed by atoms with Gasteiger partial charge in [0, 0.05) is 18.9 Å². The van der Waals surface area contributed by atoms with Gasteiger partial charge in [-0.15, -0.1) is 0 Å². The van der Waals surface area contributed by atoms with Gasteiger partial charge >= 0.3 is 0 Å². The molecule has 2 N–H and O–H groups in total. The molecule has 124 valence electrons. The van der Waals surface area contributed by atoms with Crippen LogP contribution in [0, 0.1) is 0 Å². The second-order valence-electron chi connectivity index (χ2n) is 5.72. The molecule has 1 saturated heterocycles. The zero-order chi connectivity index (χ0) is 16.6. The Balaban J connectivity index is 1.66. The van der Waals surface area contributed by atoms with E-state index in [1.165, 1.54) is 16.7 Å². The third kappa shape index (κ3) is 2.53. The highest BCUT2D eigenvalue weighted by atomic mass is 32.2. The van der Waals surface area contributed by atoms with Gasteiger partial charge in [0.05, 0.1) is 17.9 Å². The summed E-state index contributed by atoms with van der Waals surface area (Å²) in [5, 5.41) is -0.0239. The van der Waals surface area contributed by atoms with Crippen LogP contribution >= 0.6 is 0 Å². The first-order valence-corrected chi connectivity index (χ1v) is 9.22. The molecule has 1 aliphatic rings. The average molecular weight is 343 g/mol. The standard InChI is InChI=1S/C16H17N5O2S/c22-24(23,16-17-8-9-18-16)21-10-4-7-14(21)15-19-11-13(20-15)12-5-2-1-3-6-12/h1-3,5-6,8-9,11,14H,4,7,10H2,(H,17,18)(H,19,20). The second-order valence-corrected chi connectivity index (χ2v) is 7.52. The number of benzene rings is 1. The van der Waals surface area contributed by atoms with Crippen LogP contribution in [0.1, 0.15) is 24.7 Å². The van der Waals surface area contributed by atoms with Crippen molar-refractivity contribution in [3.05, 3.63) is 54.7 Å². The molecule has 1 fully saturated rings. The van der Waals surface area contributed by atoms with E-state index >= 15 is 0 Å². The van der Waals surface area contributed by atoms with E-state index in [1.54, 1.807) is 6.20 Å². The number of aromatic nitrogens is 4. The zero-order valence-corrected chi connectivity index (χ0v) is 13.7. The molecule has 1 aliphatic heterocycles. The van der Waals surface area contributed by atoms with Crippen molar-refractivity contribution in [2.75, 3.05) is 6.54 Å². The molecule has 7 nitrogen and oxygen atoms in total. The molecule has 0 amide bonds. The normalized spacial score (nSPS) is 18.9. The minimum Gasteiger partial charge on any atom is -0.341 e. The number of hydrogen-bond donors (Lipinski definition) is 2. The molecule has 0 bridgehead atoms. The van der Waals surface area contributed by atoms with Crippen molar-refractivity contribution in [3.63, 3.8) is 0 Å². The molecule has 0 radical (unpaired) electrons. The topological polar surface area (TPSA) is 94.7 Å². The Bertz CT molecular complexity index is 919. The van der Waals surface area contributed by atoms with Gasteiger partial charge in [0.25, 0.3) is 10.0 Å². The first-order valence-electron chi connectivity index (χ1n) is 7.78. The Morgan fingerprint density at radius 3 is 2.75 bits per heavy atom. The molecule has 4 rings (SSSR count). The van der Waals surface area contributed by atoms with E-state index in [0.717, 1.165) is 24.1 Å². The molecule has 0 saturated carbocycles. The molecule has 1 atom stereocenters. The summed E-state index contributed by atoms with van der Waals surface area (Å²) in [4.78, 5) is 14.3. The summed E-state index contributed by atoms with van der Waals surface area (Å²) in [6, 6.07) is 9.55. The van der Waals surface area contributed by atoms with Crippen LogP contribution in [0.2, 0.25) is 0 Å². The highest BCUT2D eigenvalue weighted by molar-refractivity contribution is 7.89. The smallest absolute Gasteiger partial charge is 0.277 e. The largest absolute Gasteiger partial charge is 0.341 e.